The SMILES string of the molecule is CC[C@H](C)NC(=O)[C@H](CC)N(Cc1ccc(Cl)cc1Cl)C(=O)CN(c1cccc(C(F)(F)F)c1)S(=O)(=O)c1ccccc1. The Kier molecular flexibility index (Phi) is 11.5. The molecule has 0 spiro atoms. The van der Waals surface area contributed by atoms with E-state index >= 15 is 0 Å². The van der Waals surface area contributed by atoms with Gasteiger partial charge in [0.1, 0.15) is 12.6 Å². The van der Waals surface area contributed by atoms with E-state index in [0.29, 0.717) is 27.4 Å². The molecule has 0 unspecified atom stereocenters. The molecule has 0 saturated carbocycles. The Morgan fingerprint density at radius 1 is 0.930 bits per heavy atom. The number of hydrogen-bond donors (Lipinski definition) is 1. The third-order valence-corrected chi connectivity index (χ3v) is 9.19. The molecule has 0 bridgehead atoms. The molecule has 0 aliphatic rings. The minimum absolute atomic E-state index is 0.161. The van der Waals surface area contributed by atoms with Crippen LogP contribution in [0.15, 0.2) is 77.7 Å². The second-order valence-corrected chi connectivity index (χ2v) is 12.6. The fourth-order valence-corrected chi connectivity index (χ4v) is 6.18. The Bertz CT molecular complexity index is 1540. The molecule has 3 aromatic carbocycles. The van der Waals surface area contributed by atoms with E-state index in [1.54, 1.807) is 32.0 Å². The second-order valence-electron chi connectivity index (χ2n) is 9.87. The van der Waals surface area contributed by atoms with Crippen molar-refractivity contribution in [3.05, 3.63) is 94.0 Å². The van der Waals surface area contributed by atoms with E-state index in [1.165, 1.54) is 41.3 Å². The zero-order valence-electron chi connectivity index (χ0n) is 23.7. The largest absolute Gasteiger partial charge is 0.416 e. The summed E-state index contributed by atoms with van der Waals surface area (Å²) in [6, 6.07) is 14.1. The van der Waals surface area contributed by atoms with Gasteiger partial charge in [-0.3, -0.25) is 13.9 Å². The zero-order chi connectivity index (χ0) is 31.9. The maximum absolute atomic E-state index is 14.1. The van der Waals surface area contributed by atoms with Gasteiger partial charge in [-0.1, -0.05) is 67.4 Å². The van der Waals surface area contributed by atoms with Crippen LogP contribution >= 0.6 is 23.2 Å². The van der Waals surface area contributed by atoms with E-state index in [0.717, 1.165) is 12.1 Å². The Morgan fingerprint density at radius 2 is 1.60 bits per heavy atom. The van der Waals surface area contributed by atoms with E-state index in [9.17, 15) is 31.2 Å². The summed E-state index contributed by atoms with van der Waals surface area (Å²) in [5.41, 5.74) is -1.02. The number of halogens is 5. The molecule has 0 aliphatic carbocycles. The number of hydrogen-bond acceptors (Lipinski definition) is 4. The predicted octanol–water partition coefficient (Wildman–Crippen LogP) is 6.93. The van der Waals surface area contributed by atoms with Crippen molar-refractivity contribution < 1.29 is 31.2 Å². The molecule has 7 nitrogen and oxygen atoms in total. The van der Waals surface area contributed by atoms with E-state index in [2.05, 4.69) is 5.32 Å². The first-order valence-electron chi connectivity index (χ1n) is 13.5. The van der Waals surface area contributed by atoms with Gasteiger partial charge >= 0.3 is 6.18 Å². The first kappa shape index (κ1) is 34.2. The summed E-state index contributed by atoms with van der Waals surface area (Å²) >= 11 is 12.4. The maximum atomic E-state index is 14.1. The summed E-state index contributed by atoms with van der Waals surface area (Å²) in [6.45, 7) is 4.29. The summed E-state index contributed by atoms with van der Waals surface area (Å²) in [4.78, 5) is 28.4. The lowest BCUT2D eigenvalue weighted by Gasteiger charge is -2.34. The molecule has 0 heterocycles. The van der Waals surface area contributed by atoms with Crippen LogP contribution in [0.4, 0.5) is 18.9 Å². The maximum Gasteiger partial charge on any atom is 0.416 e. The molecule has 13 heteroatoms. The predicted molar refractivity (Wildman–Crippen MR) is 161 cm³/mol. The second kappa shape index (κ2) is 14.5. The van der Waals surface area contributed by atoms with Gasteiger partial charge in [-0.2, -0.15) is 13.2 Å². The van der Waals surface area contributed by atoms with Crippen LogP contribution in [0.5, 0.6) is 0 Å². The summed E-state index contributed by atoms with van der Waals surface area (Å²) < 4.78 is 69.1. The van der Waals surface area contributed by atoms with Crippen molar-refractivity contribution in [3.8, 4) is 0 Å². The van der Waals surface area contributed by atoms with Crippen LogP contribution < -0.4 is 9.62 Å². The summed E-state index contributed by atoms with van der Waals surface area (Å²) in [5.74, 6) is -1.29. The molecule has 0 aromatic heterocycles. The normalized spacial score (nSPS) is 13.2. The molecule has 0 aliphatic heterocycles. The monoisotopic (exact) mass is 657 g/mol. The first-order chi connectivity index (χ1) is 20.2. The van der Waals surface area contributed by atoms with E-state index < -0.39 is 46.2 Å². The number of anilines is 1. The van der Waals surface area contributed by atoms with Gasteiger partial charge in [0.15, 0.2) is 0 Å². The molecule has 3 aromatic rings. The zero-order valence-corrected chi connectivity index (χ0v) is 26.1. The van der Waals surface area contributed by atoms with Gasteiger partial charge in [-0.05, 0) is 67.8 Å². The Balaban J connectivity index is 2.13. The molecule has 0 radical (unpaired) electrons. The lowest BCUT2D eigenvalue weighted by Crippen LogP contribution is -2.53. The minimum atomic E-state index is -4.76. The Morgan fingerprint density at radius 3 is 2.19 bits per heavy atom. The molecule has 1 N–H and O–H groups in total. The van der Waals surface area contributed by atoms with Crippen LogP contribution in [0.2, 0.25) is 10.0 Å². The molecule has 3 rings (SSSR count). The highest BCUT2D eigenvalue weighted by Gasteiger charge is 2.36. The van der Waals surface area contributed by atoms with Gasteiger partial charge in [0.25, 0.3) is 10.0 Å². The number of carbonyl (C=O) groups excluding carboxylic acids is 2. The van der Waals surface area contributed by atoms with Crippen molar-refractivity contribution in [1.29, 1.82) is 0 Å². The number of alkyl halides is 3. The number of amides is 2. The molecular weight excluding hydrogens is 626 g/mol. The van der Waals surface area contributed by atoms with Crippen molar-refractivity contribution in [2.75, 3.05) is 10.8 Å². The summed E-state index contributed by atoms with van der Waals surface area (Å²) in [5, 5.41) is 3.41. The molecule has 43 heavy (non-hydrogen) atoms. The number of carbonyl (C=O) groups is 2. The molecule has 2 amide bonds. The molecule has 0 saturated heterocycles. The van der Waals surface area contributed by atoms with Gasteiger partial charge in [0.2, 0.25) is 11.8 Å². The fraction of sp³-hybridized carbons (Fsp3) is 0.333. The lowest BCUT2D eigenvalue weighted by atomic mass is 10.1. The third-order valence-electron chi connectivity index (χ3n) is 6.81. The lowest BCUT2D eigenvalue weighted by molar-refractivity contribution is -0.140. The number of benzene rings is 3. The number of nitrogens with one attached hydrogen (secondary N) is 1. The van der Waals surface area contributed by atoms with E-state index in [4.69, 9.17) is 23.2 Å². The highest BCUT2D eigenvalue weighted by molar-refractivity contribution is 7.92. The Labute approximate surface area is 259 Å². The standard InChI is InChI=1S/C30H32Cl2F3N3O4S/c1-4-20(3)36-29(40)27(5-2)37(18-21-14-15-23(31)17-26(21)32)28(39)19-38(43(41,42)25-12-7-6-8-13-25)24-11-9-10-22(16-24)30(33,34)35/h6-17,20,27H,4-5,18-19H2,1-3H3,(H,36,40)/t20-,27-/m0/s1. The first-order valence-corrected chi connectivity index (χ1v) is 15.7. The van der Waals surface area contributed by atoms with Crippen molar-refractivity contribution >= 4 is 50.7 Å². The Hall–Kier alpha value is -3.28. The molecule has 2 atom stereocenters. The van der Waals surface area contributed by atoms with Crippen LogP contribution in [0.25, 0.3) is 0 Å². The summed E-state index contributed by atoms with van der Waals surface area (Å²) in [6.07, 6.45) is -3.98. The smallest absolute Gasteiger partial charge is 0.352 e. The van der Waals surface area contributed by atoms with Crippen molar-refractivity contribution in [1.82, 2.24) is 10.2 Å². The number of sulfonamides is 1. The number of nitrogens with zero attached hydrogens (tertiary/aromatic N) is 2. The van der Waals surface area contributed by atoms with Crippen LogP contribution in [0.3, 0.4) is 0 Å². The van der Waals surface area contributed by atoms with E-state index in [-0.39, 0.29) is 34.6 Å². The molecule has 0 fully saturated rings. The van der Waals surface area contributed by atoms with Gasteiger partial charge in [0, 0.05) is 22.6 Å². The summed E-state index contributed by atoms with van der Waals surface area (Å²) in [7, 11) is -4.53. The van der Waals surface area contributed by atoms with Crippen LogP contribution in [-0.2, 0) is 32.3 Å². The minimum Gasteiger partial charge on any atom is -0.352 e. The fourth-order valence-electron chi connectivity index (χ4n) is 4.28. The van der Waals surface area contributed by atoms with Crippen molar-refractivity contribution in [2.24, 2.45) is 0 Å². The average molecular weight is 659 g/mol. The average Bonchev–Trinajstić information content (AvgIpc) is 2.96. The van der Waals surface area contributed by atoms with Gasteiger partial charge in [0.05, 0.1) is 16.1 Å². The topological polar surface area (TPSA) is 86.8 Å². The highest BCUT2D eigenvalue weighted by Crippen LogP contribution is 2.33. The van der Waals surface area contributed by atoms with Crippen molar-refractivity contribution in [2.45, 2.75) is 63.3 Å². The highest BCUT2D eigenvalue weighted by atomic mass is 35.5. The van der Waals surface area contributed by atoms with Crippen LogP contribution in [0, 0.1) is 0 Å². The van der Waals surface area contributed by atoms with Gasteiger partial charge in [-0.15, -0.1) is 0 Å². The third kappa shape index (κ3) is 8.64. The van der Waals surface area contributed by atoms with Crippen LogP contribution in [-0.4, -0.2) is 43.8 Å². The van der Waals surface area contributed by atoms with Gasteiger partial charge < -0.3 is 10.2 Å². The van der Waals surface area contributed by atoms with Gasteiger partial charge in [-0.25, -0.2) is 8.42 Å². The molecular formula is C30H32Cl2F3N3O4S. The van der Waals surface area contributed by atoms with Crippen molar-refractivity contribution in [3.63, 3.8) is 0 Å². The van der Waals surface area contributed by atoms with E-state index in [1.807, 2.05) is 6.92 Å². The molecule has 232 valence electrons. The quantitative estimate of drug-likeness (QED) is 0.229. The van der Waals surface area contributed by atoms with Crippen LogP contribution in [0.1, 0.15) is 44.7 Å². The number of rotatable bonds is 12.